The summed E-state index contributed by atoms with van der Waals surface area (Å²) in [6, 6.07) is 3.99. The molecule has 2 N–H and O–H groups in total. The van der Waals surface area contributed by atoms with Crippen molar-refractivity contribution < 1.29 is 24.2 Å². The van der Waals surface area contributed by atoms with E-state index in [1.807, 2.05) is 26.0 Å². The summed E-state index contributed by atoms with van der Waals surface area (Å²) in [5.74, 6) is 0.115. The van der Waals surface area contributed by atoms with Crippen LogP contribution in [0.3, 0.4) is 0 Å². The highest BCUT2D eigenvalue weighted by Crippen LogP contribution is 2.27. The molecule has 2 amide bonds. The largest absolute Gasteiger partial charge is 0.548 e. The molecule has 0 radical (unpaired) electrons. The predicted molar refractivity (Wildman–Crippen MR) is 88.0 cm³/mol. The van der Waals surface area contributed by atoms with Gasteiger partial charge in [-0.2, -0.15) is 0 Å². The molecule has 1 aromatic rings. The fraction of sp³-hybridized carbons (Fsp3) is 0.529. The average Bonchev–Trinajstić information content (AvgIpc) is 2.53. The molecule has 0 heterocycles. The van der Waals surface area contributed by atoms with Crippen LogP contribution in [-0.4, -0.2) is 38.8 Å². The van der Waals surface area contributed by atoms with Crippen LogP contribution in [-0.2, 0) is 11.2 Å². The van der Waals surface area contributed by atoms with E-state index in [0.717, 1.165) is 5.56 Å². The van der Waals surface area contributed by atoms with Gasteiger partial charge in [0.2, 0.25) is 0 Å². The molecule has 24 heavy (non-hydrogen) atoms. The molecule has 7 nitrogen and oxygen atoms in total. The van der Waals surface area contributed by atoms with Crippen LogP contribution in [0.4, 0.5) is 4.79 Å². The number of carbonyl (C=O) groups excluding carboxylic acids is 2. The SMILES string of the molecule is COc1ccc(CCNC(=O)N[C@@H](CC(C)C)C(=O)[O-])cc1OC. The summed E-state index contributed by atoms with van der Waals surface area (Å²) in [6.07, 6.45) is 0.902. The van der Waals surface area contributed by atoms with Crippen LogP contribution in [0.25, 0.3) is 0 Å². The van der Waals surface area contributed by atoms with Crippen molar-refractivity contribution in [1.82, 2.24) is 10.6 Å². The average molecular weight is 337 g/mol. The maximum Gasteiger partial charge on any atom is 0.315 e. The Bertz CT molecular complexity index is 560. The lowest BCUT2D eigenvalue weighted by Gasteiger charge is -2.21. The molecule has 0 bridgehead atoms. The Morgan fingerprint density at radius 3 is 2.38 bits per heavy atom. The Balaban J connectivity index is 2.49. The van der Waals surface area contributed by atoms with Gasteiger partial charge in [0.1, 0.15) is 0 Å². The molecular formula is C17H25N2O5-. The molecule has 134 valence electrons. The van der Waals surface area contributed by atoms with Crippen molar-refractivity contribution in [1.29, 1.82) is 0 Å². The van der Waals surface area contributed by atoms with E-state index in [1.165, 1.54) is 0 Å². The van der Waals surface area contributed by atoms with Crippen molar-refractivity contribution in [2.24, 2.45) is 5.92 Å². The van der Waals surface area contributed by atoms with E-state index in [1.54, 1.807) is 20.3 Å². The molecule has 1 aromatic carbocycles. The molecule has 0 unspecified atom stereocenters. The Labute approximate surface area is 142 Å². The number of amides is 2. The molecule has 0 aliphatic carbocycles. The van der Waals surface area contributed by atoms with Gasteiger partial charge in [-0.15, -0.1) is 0 Å². The second-order valence-corrected chi connectivity index (χ2v) is 5.84. The molecule has 7 heteroatoms. The summed E-state index contributed by atoms with van der Waals surface area (Å²) in [5, 5.41) is 16.1. The van der Waals surface area contributed by atoms with Gasteiger partial charge in [0.15, 0.2) is 11.5 Å². The van der Waals surface area contributed by atoms with Crippen molar-refractivity contribution in [3.8, 4) is 11.5 Å². The van der Waals surface area contributed by atoms with Gasteiger partial charge in [0.25, 0.3) is 0 Å². The molecule has 0 saturated carbocycles. The smallest absolute Gasteiger partial charge is 0.315 e. The number of nitrogens with one attached hydrogen (secondary N) is 2. The number of carboxylic acids is 1. The van der Waals surface area contributed by atoms with Crippen molar-refractivity contribution >= 4 is 12.0 Å². The molecular weight excluding hydrogens is 312 g/mol. The van der Waals surface area contributed by atoms with Crippen LogP contribution in [0.5, 0.6) is 11.5 Å². The number of carboxylic acid groups (broad SMARTS) is 1. The van der Waals surface area contributed by atoms with Crippen LogP contribution in [0.15, 0.2) is 18.2 Å². The number of urea groups is 1. The third kappa shape index (κ3) is 6.36. The molecule has 0 aliphatic heterocycles. The molecule has 0 fully saturated rings. The quantitative estimate of drug-likeness (QED) is 0.691. The Hall–Kier alpha value is -2.44. The minimum Gasteiger partial charge on any atom is -0.548 e. The first kappa shape index (κ1) is 19.6. The van der Waals surface area contributed by atoms with Crippen molar-refractivity contribution in [2.75, 3.05) is 20.8 Å². The second-order valence-electron chi connectivity index (χ2n) is 5.84. The normalized spacial score (nSPS) is 11.7. The van der Waals surface area contributed by atoms with E-state index in [0.29, 0.717) is 30.9 Å². The summed E-state index contributed by atoms with van der Waals surface area (Å²) in [5.41, 5.74) is 0.964. The molecule has 0 aliphatic rings. The van der Waals surface area contributed by atoms with Crippen LogP contribution in [0.2, 0.25) is 0 Å². The number of ether oxygens (including phenoxy) is 2. The van der Waals surface area contributed by atoms with Crippen molar-refractivity contribution in [3.63, 3.8) is 0 Å². The summed E-state index contributed by atoms with van der Waals surface area (Å²) >= 11 is 0. The number of benzene rings is 1. The minimum atomic E-state index is -1.28. The summed E-state index contributed by atoms with van der Waals surface area (Å²) < 4.78 is 10.4. The van der Waals surface area contributed by atoms with Crippen LogP contribution in [0.1, 0.15) is 25.8 Å². The molecule has 0 spiro atoms. The van der Waals surface area contributed by atoms with Crippen LogP contribution >= 0.6 is 0 Å². The monoisotopic (exact) mass is 337 g/mol. The van der Waals surface area contributed by atoms with E-state index < -0.39 is 18.0 Å². The van der Waals surface area contributed by atoms with Gasteiger partial charge < -0.3 is 30.0 Å². The Morgan fingerprint density at radius 2 is 1.83 bits per heavy atom. The van der Waals surface area contributed by atoms with Crippen molar-refractivity contribution in [3.05, 3.63) is 23.8 Å². The topological polar surface area (TPSA) is 99.7 Å². The lowest BCUT2D eigenvalue weighted by atomic mass is 10.0. The second kappa shape index (κ2) is 9.64. The highest BCUT2D eigenvalue weighted by atomic mass is 16.5. The lowest BCUT2D eigenvalue weighted by Crippen LogP contribution is -2.51. The van der Waals surface area contributed by atoms with Gasteiger partial charge >= 0.3 is 6.03 Å². The number of methoxy groups -OCH3 is 2. The van der Waals surface area contributed by atoms with Gasteiger partial charge in [-0.05, 0) is 36.5 Å². The zero-order chi connectivity index (χ0) is 18.1. The van der Waals surface area contributed by atoms with E-state index in [4.69, 9.17) is 9.47 Å². The zero-order valence-electron chi connectivity index (χ0n) is 14.5. The number of carbonyl (C=O) groups is 2. The number of aliphatic carboxylic acids is 1. The first-order valence-electron chi connectivity index (χ1n) is 7.83. The number of rotatable bonds is 9. The molecule has 1 atom stereocenters. The minimum absolute atomic E-state index is 0.139. The first-order valence-corrected chi connectivity index (χ1v) is 7.83. The number of hydrogen-bond acceptors (Lipinski definition) is 5. The maximum atomic E-state index is 11.8. The van der Waals surface area contributed by atoms with Gasteiger partial charge in [0.05, 0.1) is 26.2 Å². The van der Waals surface area contributed by atoms with Crippen LogP contribution < -0.4 is 25.2 Å². The van der Waals surface area contributed by atoms with E-state index in [9.17, 15) is 14.7 Å². The van der Waals surface area contributed by atoms with Crippen molar-refractivity contribution in [2.45, 2.75) is 32.7 Å². The zero-order valence-corrected chi connectivity index (χ0v) is 14.5. The van der Waals surface area contributed by atoms with E-state index in [2.05, 4.69) is 10.6 Å². The van der Waals surface area contributed by atoms with Gasteiger partial charge in [-0.3, -0.25) is 0 Å². The van der Waals surface area contributed by atoms with Crippen LogP contribution in [0, 0.1) is 5.92 Å². The summed E-state index contributed by atoms with van der Waals surface area (Å²) in [4.78, 5) is 22.8. The van der Waals surface area contributed by atoms with Gasteiger partial charge in [-0.1, -0.05) is 19.9 Å². The molecule has 0 aromatic heterocycles. The molecule has 0 saturated heterocycles. The fourth-order valence-corrected chi connectivity index (χ4v) is 2.25. The van der Waals surface area contributed by atoms with E-state index >= 15 is 0 Å². The fourth-order valence-electron chi connectivity index (χ4n) is 2.25. The summed E-state index contributed by atoms with van der Waals surface area (Å²) in [6.45, 7) is 4.13. The predicted octanol–water partition coefficient (Wildman–Crippen LogP) is 0.710. The first-order chi connectivity index (χ1) is 11.4. The Kier molecular flexibility index (Phi) is 7.88. The molecule has 1 rings (SSSR count). The Morgan fingerprint density at radius 1 is 1.17 bits per heavy atom. The standard InChI is InChI=1S/C17H26N2O5/c1-11(2)9-13(16(20)21)19-17(22)18-8-7-12-5-6-14(23-3)15(10-12)24-4/h5-6,10-11,13H,7-9H2,1-4H3,(H,20,21)(H2,18,19,22)/p-1/t13-/m0/s1. The maximum absolute atomic E-state index is 11.8. The van der Waals surface area contributed by atoms with Gasteiger partial charge in [-0.25, -0.2) is 4.79 Å². The summed E-state index contributed by atoms with van der Waals surface area (Å²) in [7, 11) is 3.12. The van der Waals surface area contributed by atoms with E-state index in [-0.39, 0.29) is 5.92 Å². The third-order valence-electron chi connectivity index (χ3n) is 3.44. The number of hydrogen-bond donors (Lipinski definition) is 2. The highest BCUT2D eigenvalue weighted by molar-refractivity contribution is 5.81. The third-order valence-corrected chi connectivity index (χ3v) is 3.44. The highest BCUT2D eigenvalue weighted by Gasteiger charge is 2.14. The van der Waals surface area contributed by atoms with Gasteiger partial charge in [0, 0.05) is 6.54 Å². The lowest BCUT2D eigenvalue weighted by molar-refractivity contribution is -0.308.